The summed E-state index contributed by atoms with van der Waals surface area (Å²) in [4.78, 5) is 6.90. The Balaban J connectivity index is 1.63. The van der Waals surface area contributed by atoms with Crippen LogP contribution in [0.1, 0.15) is 24.3 Å². The van der Waals surface area contributed by atoms with Gasteiger partial charge in [-0.25, -0.2) is 0 Å². The fraction of sp³-hybridized carbons (Fsp3) is 0.409. The first-order valence-electron chi connectivity index (χ1n) is 9.46. The predicted molar refractivity (Wildman–Crippen MR) is 105 cm³/mol. The fourth-order valence-corrected chi connectivity index (χ4v) is 4.10. The minimum atomic E-state index is -0.694. The number of ether oxygens (including phenoxy) is 2. The SMILES string of the molecule is COCC(O)c1ccc(C2=C3C=CC=C(N4CCOCC4)C3C=C2C)cn1. The molecule has 1 N–H and O–H groups in total. The van der Waals surface area contributed by atoms with Crippen molar-refractivity contribution in [2.75, 3.05) is 40.0 Å². The molecule has 1 saturated heterocycles. The van der Waals surface area contributed by atoms with Crippen molar-refractivity contribution in [1.29, 1.82) is 0 Å². The lowest BCUT2D eigenvalue weighted by Gasteiger charge is -2.35. The quantitative estimate of drug-likeness (QED) is 0.868. The molecular weight excluding hydrogens is 340 g/mol. The van der Waals surface area contributed by atoms with Gasteiger partial charge in [0.25, 0.3) is 0 Å². The molecule has 0 bridgehead atoms. The number of rotatable bonds is 5. The lowest BCUT2D eigenvalue weighted by molar-refractivity contribution is 0.0508. The summed E-state index contributed by atoms with van der Waals surface area (Å²) in [6.45, 7) is 5.88. The summed E-state index contributed by atoms with van der Waals surface area (Å²) < 4.78 is 10.5. The third-order valence-corrected chi connectivity index (χ3v) is 5.41. The Morgan fingerprint density at radius 1 is 1.33 bits per heavy atom. The number of aliphatic hydroxyl groups is 1. The Kier molecular flexibility index (Phi) is 5.25. The second kappa shape index (κ2) is 7.80. The van der Waals surface area contributed by atoms with Crippen LogP contribution in [0.25, 0.3) is 5.57 Å². The number of methoxy groups -OCH3 is 1. The zero-order valence-corrected chi connectivity index (χ0v) is 15.9. The molecule has 0 aromatic carbocycles. The second-order valence-corrected chi connectivity index (χ2v) is 7.15. The van der Waals surface area contributed by atoms with E-state index >= 15 is 0 Å². The van der Waals surface area contributed by atoms with Gasteiger partial charge in [0, 0.05) is 43.6 Å². The molecule has 5 nitrogen and oxygen atoms in total. The minimum Gasteiger partial charge on any atom is -0.384 e. The van der Waals surface area contributed by atoms with E-state index in [4.69, 9.17) is 9.47 Å². The highest BCUT2D eigenvalue weighted by Gasteiger charge is 2.31. The Bertz CT molecular complexity index is 814. The maximum Gasteiger partial charge on any atom is 0.119 e. The summed E-state index contributed by atoms with van der Waals surface area (Å²) in [7, 11) is 1.58. The minimum absolute atomic E-state index is 0.248. The van der Waals surface area contributed by atoms with Crippen molar-refractivity contribution in [2.24, 2.45) is 5.92 Å². The highest BCUT2D eigenvalue weighted by molar-refractivity contribution is 5.87. The zero-order valence-electron chi connectivity index (χ0n) is 15.9. The van der Waals surface area contributed by atoms with E-state index in [-0.39, 0.29) is 6.61 Å². The summed E-state index contributed by atoms with van der Waals surface area (Å²) in [5.74, 6) is 0.293. The third kappa shape index (κ3) is 3.50. The van der Waals surface area contributed by atoms with Gasteiger partial charge in [-0.15, -0.1) is 0 Å². The number of aromatic nitrogens is 1. The first-order valence-corrected chi connectivity index (χ1v) is 9.46. The standard InChI is InChI=1S/C22H26N2O3/c1-15-12-18-17(4-3-5-20(18)24-8-10-27-11-9-24)22(15)16-6-7-19(23-13-16)21(25)14-26-2/h3-7,12-13,18,21,25H,8-11,14H2,1-2H3. The van der Waals surface area contributed by atoms with Crippen molar-refractivity contribution in [3.8, 4) is 0 Å². The average Bonchev–Trinajstić information content (AvgIpc) is 3.04. The number of allylic oxidation sites excluding steroid dienone is 6. The molecule has 2 heterocycles. The molecule has 4 rings (SSSR count). The smallest absolute Gasteiger partial charge is 0.119 e. The monoisotopic (exact) mass is 366 g/mol. The highest BCUT2D eigenvalue weighted by Crippen LogP contribution is 2.44. The van der Waals surface area contributed by atoms with E-state index in [1.165, 1.54) is 22.4 Å². The molecule has 2 atom stereocenters. The summed E-state index contributed by atoms with van der Waals surface area (Å²) in [5, 5.41) is 10.0. The van der Waals surface area contributed by atoms with E-state index in [9.17, 15) is 5.11 Å². The van der Waals surface area contributed by atoms with Crippen LogP contribution in [0, 0.1) is 5.92 Å². The summed E-state index contributed by atoms with van der Waals surface area (Å²) in [6.07, 6.45) is 10.1. The number of nitrogens with zero attached hydrogens (tertiary/aromatic N) is 2. The van der Waals surface area contributed by atoms with Gasteiger partial charge in [-0.3, -0.25) is 4.98 Å². The van der Waals surface area contributed by atoms with Crippen molar-refractivity contribution in [3.63, 3.8) is 0 Å². The largest absolute Gasteiger partial charge is 0.384 e. The number of hydrogen-bond acceptors (Lipinski definition) is 5. The highest BCUT2D eigenvalue weighted by atomic mass is 16.5. The van der Waals surface area contributed by atoms with Crippen LogP contribution in [0.2, 0.25) is 0 Å². The summed E-state index contributed by atoms with van der Waals surface area (Å²) >= 11 is 0. The van der Waals surface area contributed by atoms with E-state index < -0.39 is 6.10 Å². The van der Waals surface area contributed by atoms with E-state index in [1.54, 1.807) is 7.11 Å². The topological polar surface area (TPSA) is 54.8 Å². The molecule has 3 aliphatic rings. The second-order valence-electron chi connectivity index (χ2n) is 7.15. The molecule has 2 aliphatic carbocycles. The molecule has 142 valence electrons. The molecule has 1 aliphatic heterocycles. The van der Waals surface area contributed by atoms with Gasteiger partial charge in [0.1, 0.15) is 6.10 Å². The molecule has 1 aromatic heterocycles. The number of hydrogen-bond donors (Lipinski definition) is 1. The van der Waals surface area contributed by atoms with Gasteiger partial charge in [0.15, 0.2) is 0 Å². The van der Waals surface area contributed by atoms with Crippen LogP contribution in [-0.4, -0.2) is 55.0 Å². The van der Waals surface area contributed by atoms with Crippen LogP contribution >= 0.6 is 0 Å². The lowest BCUT2D eigenvalue weighted by atomic mass is 9.89. The molecule has 27 heavy (non-hydrogen) atoms. The Morgan fingerprint density at radius 2 is 2.15 bits per heavy atom. The van der Waals surface area contributed by atoms with Gasteiger partial charge in [-0.1, -0.05) is 24.3 Å². The van der Waals surface area contributed by atoms with Crippen LogP contribution < -0.4 is 0 Å². The number of fused-ring (bicyclic) bond motifs is 1. The molecule has 0 saturated carbocycles. The van der Waals surface area contributed by atoms with Gasteiger partial charge in [0.2, 0.25) is 0 Å². The molecule has 0 amide bonds. The number of aliphatic hydroxyl groups excluding tert-OH is 1. The first kappa shape index (κ1) is 18.2. The Morgan fingerprint density at radius 3 is 2.85 bits per heavy atom. The molecule has 2 unspecified atom stereocenters. The Hall–Kier alpha value is -2.21. The molecule has 0 spiro atoms. The maximum atomic E-state index is 10.0. The zero-order chi connectivity index (χ0) is 18.8. The van der Waals surface area contributed by atoms with Gasteiger partial charge in [-0.2, -0.15) is 0 Å². The first-order chi connectivity index (χ1) is 13.2. The van der Waals surface area contributed by atoms with Crippen molar-refractivity contribution >= 4 is 5.57 Å². The molecule has 1 fully saturated rings. The van der Waals surface area contributed by atoms with E-state index in [2.05, 4.69) is 41.1 Å². The van der Waals surface area contributed by atoms with Crippen molar-refractivity contribution in [1.82, 2.24) is 9.88 Å². The van der Waals surface area contributed by atoms with E-state index in [0.29, 0.717) is 11.6 Å². The average molecular weight is 366 g/mol. The lowest BCUT2D eigenvalue weighted by Crippen LogP contribution is -2.38. The maximum absolute atomic E-state index is 10.0. The summed E-state index contributed by atoms with van der Waals surface area (Å²) in [6, 6.07) is 3.93. The van der Waals surface area contributed by atoms with Crippen molar-refractivity contribution in [3.05, 3.63) is 70.7 Å². The van der Waals surface area contributed by atoms with Crippen LogP contribution in [0.4, 0.5) is 0 Å². The third-order valence-electron chi connectivity index (χ3n) is 5.41. The number of pyridine rings is 1. The molecular formula is C22H26N2O3. The normalized spacial score (nSPS) is 23.2. The van der Waals surface area contributed by atoms with Gasteiger partial charge in [-0.05, 0) is 35.8 Å². The van der Waals surface area contributed by atoms with Crippen LogP contribution in [0.5, 0.6) is 0 Å². The van der Waals surface area contributed by atoms with Gasteiger partial charge < -0.3 is 19.5 Å². The van der Waals surface area contributed by atoms with Gasteiger partial charge >= 0.3 is 0 Å². The van der Waals surface area contributed by atoms with Gasteiger partial charge in [0.05, 0.1) is 25.5 Å². The van der Waals surface area contributed by atoms with Crippen LogP contribution in [-0.2, 0) is 9.47 Å². The van der Waals surface area contributed by atoms with E-state index in [0.717, 1.165) is 31.9 Å². The molecule has 1 aromatic rings. The van der Waals surface area contributed by atoms with Crippen molar-refractivity contribution < 1.29 is 14.6 Å². The van der Waals surface area contributed by atoms with Crippen LogP contribution in [0.3, 0.4) is 0 Å². The Labute approximate surface area is 160 Å². The molecule has 0 radical (unpaired) electrons. The van der Waals surface area contributed by atoms with E-state index in [1.807, 2.05) is 18.3 Å². The molecule has 5 heteroatoms. The van der Waals surface area contributed by atoms with Crippen molar-refractivity contribution in [2.45, 2.75) is 13.0 Å². The van der Waals surface area contributed by atoms with Crippen LogP contribution in [0.15, 0.2) is 59.5 Å². The predicted octanol–water partition coefficient (Wildman–Crippen LogP) is 2.88. The number of morpholine rings is 1. The summed E-state index contributed by atoms with van der Waals surface area (Å²) in [5.41, 5.74) is 6.91. The fourth-order valence-electron chi connectivity index (χ4n) is 4.10.